The van der Waals surface area contributed by atoms with E-state index in [9.17, 15) is 4.79 Å². The third-order valence-electron chi connectivity index (χ3n) is 4.53. The van der Waals surface area contributed by atoms with Gasteiger partial charge in [0.05, 0.1) is 5.91 Å². The first-order valence-electron chi connectivity index (χ1n) is 7.30. The van der Waals surface area contributed by atoms with Gasteiger partial charge in [-0.3, -0.25) is 0 Å². The number of carbonyl (C=O) groups excluding carboxylic acids is 1. The monoisotopic (exact) mass is 276 g/mol. The summed E-state index contributed by atoms with van der Waals surface area (Å²) in [6.45, 7) is 0.796. The molecule has 0 saturated carbocycles. The molecule has 1 heterocycles. The zero-order chi connectivity index (χ0) is 13.6. The van der Waals surface area contributed by atoms with Gasteiger partial charge in [0.15, 0.2) is 0 Å². The van der Waals surface area contributed by atoms with E-state index < -0.39 is 8.07 Å². The summed E-state index contributed by atoms with van der Waals surface area (Å²) in [5.41, 5.74) is 1.45. The summed E-state index contributed by atoms with van der Waals surface area (Å²) < 4.78 is 5.12. The SMILES string of the molecule is COCCC[Si]1(C=O)CCC(c2ccccc2)CC1. The van der Waals surface area contributed by atoms with Gasteiger partial charge in [-0.1, -0.05) is 42.4 Å². The van der Waals surface area contributed by atoms with Crippen LogP contribution in [0.15, 0.2) is 30.3 Å². The minimum Gasteiger partial charge on any atom is -0.385 e. The Balaban J connectivity index is 1.91. The van der Waals surface area contributed by atoms with E-state index in [2.05, 4.69) is 30.3 Å². The first-order chi connectivity index (χ1) is 9.29. The van der Waals surface area contributed by atoms with Crippen LogP contribution in [0.1, 0.15) is 30.7 Å². The molecule has 1 aromatic carbocycles. The summed E-state index contributed by atoms with van der Waals surface area (Å²) in [6.07, 6.45) is 3.45. The van der Waals surface area contributed by atoms with Crippen LogP contribution in [-0.4, -0.2) is 27.7 Å². The Kier molecular flexibility index (Phi) is 5.34. The van der Waals surface area contributed by atoms with Crippen molar-refractivity contribution in [3.8, 4) is 0 Å². The molecule has 0 atom stereocenters. The van der Waals surface area contributed by atoms with Crippen LogP contribution in [0.3, 0.4) is 0 Å². The first-order valence-corrected chi connectivity index (χ1v) is 10.00. The molecule has 19 heavy (non-hydrogen) atoms. The van der Waals surface area contributed by atoms with E-state index in [0.29, 0.717) is 5.92 Å². The van der Waals surface area contributed by atoms with Gasteiger partial charge in [-0.2, -0.15) is 0 Å². The average Bonchev–Trinajstić information content (AvgIpc) is 2.49. The lowest BCUT2D eigenvalue weighted by molar-refractivity contribution is 0.198. The van der Waals surface area contributed by atoms with Gasteiger partial charge in [0, 0.05) is 13.7 Å². The van der Waals surface area contributed by atoms with Crippen molar-refractivity contribution in [1.82, 2.24) is 0 Å². The molecular formula is C16H24O2Si. The van der Waals surface area contributed by atoms with Gasteiger partial charge in [-0.15, -0.1) is 0 Å². The molecule has 2 rings (SSSR count). The molecule has 1 saturated heterocycles. The van der Waals surface area contributed by atoms with Gasteiger partial charge in [0.2, 0.25) is 0 Å². The number of ether oxygens (including phenoxy) is 1. The first kappa shape index (κ1) is 14.5. The fraction of sp³-hybridized carbons (Fsp3) is 0.562. The third-order valence-corrected chi connectivity index (χ3v) is 8.94. The average molecular weight is 276 g/mol. The summed E-state index contributed by atoms with van der Waals surface area (Å²) in [5.74, 6) is 2.02. The van der Waals surface area contributed by atoms with E-state index in [1.165, 1.54) is 36.4 Å². The van der Waals surface area contributed by atoms with E-state index in [-0.39, 0.29) is 0 Å². The zero-order valence-electron chi connectivity index (χ0n) is 11.8. The van der Waals surface area contributed by atoms with Gasteiger partial charge in [0.25, 0.3) is 0 Å². The second kappa shape index (κ2) is 7.01. The molecule has 0 amide bonds. The van der Waals surface area contributed by atoms with Crippen LogP contribution in [0, 0.1) is 0 Å². The predicted octanol–water partition coefficient (Wildman–Crippen LogP) is 3.82. The van der Waals surface area contributed by atoms with E-state index in [4.69, 9.17) is 4.74 Å². The minimum atomic E-state index is -1.63. The maximum Gasteiger partial charge on any atom is 0.128 e. The Bertz CT molecular complexity index is 383. The van der Waals surface area contributed by atoms with Crippen LogP contribution in [0.25, 0.3) is 0 Å². The highest BCUT2D eigenvalue weighted by molar-refractivity contribution is 7.01. The van der Waals surface area contributed by atoms with Crippen molar-refractivity contribution in [3.63, 3.8) is 0 Å². The molecular weight excluding hydrogens is 252 g/mol. The number of carbonyl (C=O) groups is 1. The number of rotatable bonds is 6. The molecule has 0 aromatic heterocycles. The summed E-state index contributed by atoms with van der Waals surface area (Å²) in [6, 6.07) is 14.2. The molecule has 1 fully saturated rings. The Morgan fingerprint density at radius 1 is 1.26 bits per heavy atom. The molecule has 0 bridgehead atoms. The van der Waals surface area contributed by atoms with Crippen LogP contribution < -0.4 is 0 Å². The second-order valence-corrected chi connectivity index (χ2v) is 10.2. The van der Waals surface area contributed by atoms with Crippen molar-refractivity contribution in [2.24, 2.45) is 0 Å². The van der Waals surface area contributed by atoms with Crippen molar-refractivity contribution in [1.29, 1.82) is 0 Å². The summed E-state index contributed by atoms with van der Waals surface area (Å²) in [5, 5.41) is 0. The fourth-order valence-corrected chi connectivity index (χ4v) is 7.05. The number of methoxy groups -OCH3 is 1. The Morgan fingerprint density at radius 2 is 1.95 bits per heavy atom. The lowest BCUT2D eigenvalue weighted by Gasteiger charge is -2.34. The summed E-state index contributed by atoms with van der Waals surface area (Å²) in [4.78, 5) is 11.5. The zero-order valence-corrected chi connectivity index (χ0v) is 12.8. The Labute approximate surface area is 117 Å². The molecule has 3 heteroatoms. The maximum absolute atomic E-state index is 11.5. The lowest BCUT2D eigenvalue weighted by atomic mass is 9.94. The van der Waals surface area contributed by atoms with Gasteiger partial charge in [-0.05, 0) is 36.8 Å². The Morgan fingerprint density at radius 3 is 2.53 bits per heavy atom. The van der Waals surface area contributed by atoms with Crippen molar-refractivity contribution >= 4 is 14.0 Å². The standard InChI is InChI=1S/C16H24O2Si/c1-18-10-5-11-19(14-17)12-8-16(9-13-19)15-6-3-2-4-7-15/h2-4,6-7,14,16H,5,8-13H2,1H3. The highest BCUT2D eigenvalue weighted by Gasteiger charge is 2.37. The number of hydrogen-bond acceptors (Lipinski definition) is 2. The highest BCUT2D eigenvalue weighted by Crippen LogP contribution is 2.39. The number of hydrogen-bond donors (Lipinski definition) is 0. The van der Waals surface area contributed by atoms with Crippen LogP contribution >= 0.6 is 0 Å². The van der Waals surface area contributed by atoms with Gasteiger partial charge >= 0.3 is 0 Å². The van der Waals surface area contributed by atoms with E-state index in [1.807, 2.05) is 0 Å². The Hall–Kier alpha value is -0.933. The fourth-order valence-electron chi connectivity index (χ4n) is 3.25. The molecule has 2 nitrogen and oxygen atoms in total. The molecule has 1 aromatic rings. The molecule has 0 N–H and O–H groups in total. The predicted molar refractivity (Wildman–Crippen MR) is 81.8 cm³/mol. The molecule has 0 unspecified atom stereocenters. The van der Waals surface area contributed by atoms with Gasteiger partial charge < -0.3 is 9.53 Å². The normalized spacial score (nSPS) is 27.1. The van der Waals surface area contributed by atoms with Crippen LogP contribution in [0.5, 0.6) is 0 Å². The van der Waals surface area contributed by atoms with Gasteiger partial charge in [0.1, 0.15) is 8.07 Å². The molecule has 0 spiro atoms. The van der Waals surface area contributed by atoms with Gasteiger partial charge in [-0.25, -0.2) is 0 Å². The maximum atomic E-state index is 11.5. The topological polar surface area (TPSA) is 26.3 Å². The summed E-state index contributed by atoms with van der Waals surface area (Å²) in [7, 11) is 0.108. The highest BCUT2D eigenvalue weighted by atomic mass is 28.3. The third kappa shape index (κ3) is 3.77. The number of benzene rings is 1. The largest absolute Gasteiger partial charge is 0.385 e. The molecule has 104 valence electrons. The molecule has 1 aliphatic heterocycles. The smallest absolute Gasteiger partial charge is 0.128 e. The second-order valence-electron chi connectivity index (χ2n) is 5.76. The molecule has 1 aliphatic rings. The molecule has 0 aliphatic carbocycles. The van der Waals surface area contributed by atoms with Crippen molar-refractivity contribution in [2.45, 2.75) is 43.3 Å². The van der Waals surface area contributed by atoms with Crippen LogP contribution in [0.2, 0.25) is 18.1 Å². The summed E-state index contributed by atoms with van der Waals surface area (Å²) >= 11 is 0. The van der Waals surface area contributed by atoms with E-state index >= 15 is 0 Å². The molecule has 0 radical (unpaired) electrons. The van der Waals surface area contributed by atoms with E-state index in [1.54, 1.807) is 7.11 Å². The lowest BCUT2D eigenvalue weighted by Crippen LogP contribution is -2.40. The van der Waals surface area contributed by atoms with Crippen LogP contribution in [-0.2, 0) is 9.53 Å². The van der Waals surface area contributed by atoms with Crippen molar-refractivity contribution < 1.29 is 9.53 Å². The van der Waals surface area contributed by atoms with Crippen molar-refractivity contribution in [3.05, 3.63) is 35.9 Å². The van der Waals surface area contributed by atoms with Crippen molar-refractivity contribution in [2.75, 3.05) is 13.7 Å². The van der Waals surface area contributed by atoms with E-state index in [0.717, 1.165) is 19.1 Å². The minimum absolute atomic E-state index is 0.671. The quantitative estimate of drug-likeness (QED) is 0.448. The van der Waals surface area contributed by atoms with Crippen LogP contribution in [0.4, 0.5) is 0 Å².